The van der Waals surface area contributed by atoms with Crippen molar-refractivity contribution in [2.24, 2.45) is 0 Å². The molecular weight excluding hydrogens is 258 g/mol. The van der Waals surface area contributed by atoms with Crippen LogP contribution in [0.2, 0.25) is 0 Å². The summed E-state index contributed by atoms with van der Waals surface area (Å²) in [6.45, 7) is 6.04. The van der Waals surface area contributed by atoms with Gasteiger partial charge < -0.3 is 10.1 Å². The predicted molar refractivity (Wildman–Crippen MR) is 88.5 cm³/mol. The summed E-state index contributed by atoms with van der Waals surface area (Å²) in [5.74, 6) is 0.961. The quantitative estimate of drug-likeness (QED) is 0.708. The first kappa shape index (κ1) is 15.6. The van der Waals surface area contributed by atoms with Crippen LogP contribution in [0.15, 0.2) is 54.6 Å². The van der Waals surface area contributed by atoms with Crippen molar-refractivity contribution in [3.63, 3.8) is 0 Å². The van der Waals surface area contributed by atoms with Gasteiger partial charge in [-0.2, -0.15) is 0 Å². The van der Waals surface area contributed by atoms with E-state index in [1.165, 1.54) is 17.5 Å². The van der Waals surface area contributed by atoms with Crippen molar-refractivity contribution in [2.45, 2.75) is 39.3 Å². The molecule has 0 fully saturated rings. The number of hydrogen-bond acceptors (Lipinski definition) is 2. The summed E-state index contributed by atoms with van der Waals surface area (Å²) < 4.78 is 5.68. The maximum absolute atomic E-state index is 5.68. The van der Waals surface area contributed by atoms with Crippen molar-refractivity contribution in [1.82, 2.24) is 5.32 Å². The number of hydrogen-bond donors (Lipinski definition) is 1. The lowest BCUT2D eigenvalue weighted by molar-refractivity contribution is 0.309. The van der Waals surface area contributed by atoms with Gasteiger partial charge in [0.15, 0.2) is 0 Å². The van der Waals surface area contributed by atoms with Gasteiger partial charge in [-0.05, 0) is 36.6 Å². The number of benzene rings is 2. The fourth-order valence-electron chi connectivity index (χ4n) is 2.17. The molecular formula is C19H25NO. The van der Waals surface area contributed by atoms with Crippen molar-refractivity contribution in [1.29, 1.82) is 0 Å². The van der Waals surface area contributed by atoms with Gasteiger partial charge in [-0.1, -0.05) is 55.8 Å². The van der Waals surface area contributed by atoms with Crippen molar-refractivity contribution in [3.05, 3.63) is 65.7 Å². The molecule has 2 aromatic rings. The van der Waals surface area contributed by atoms with Crippen molar-refractivity contribution in [3.8, 4) is 5.75 Å². The first-order valence-corrected chi connectivity index (χ1v) is 7.79. The molecule has 0 heterocycles. The van der Waals surface area contributed by atoms with Crippen LogP contribution in [-0.4, -0.2) is 6.61 Å². The Balaban J connectivity index is 1.80. The Kier molecular flexibility index (Phi) is 6.29. The van der Waals surface area contributed by atoms with E-state index in [0.717, 1.165) is 25.3 Å². The fourth-order valence-corrected chi connectivity index (χ4v) is 2.17. The molecule has 0 radical (unpaired) electrons. The molecule has 2 nitrogen and oxygen atoms in total. The number of unbranched alkanes of at least 4 members (excludes halogenated alkanes) is 1. The lowest BCUT2D eigenvalue weighted by Crippen LogP contribution is -2.17. The van der Waals surface area contributed by atoms with E-state index in [-0.39, 0.29) is 0 Å². The molecule has 0 aliphatic carbocycles. The molecule has 0 aliphatic heterocycles. The average Bonchev–Trinajstić information content (AvgIpc) is 2.55. The molecule has 0 saturated carbocycles. The van der Waals surface area contributed by atoms with Crippen LogP contribution in [0.4, 0.5) is 0 Å². The number of ether oxygens (including phenoxy) is 1. The van der Waals surface area contributed by atoms with Gasteiger partial charge in [0, 0.05) is 12.6 Å². The minimum absolute atomic E-state index is 0.353. The van der Waals surface area contributed by atoms with E-state index in [9.17, 15) is 0 Å². The lowest BCUT2D eigenvalue weighted by Gasteiger charge is -2.14. The maximum atomic E-state index is 5.68. The summed E-state index contributed by atoms with van der Waals surface area (Å²) >= 11 is 0. The van der Waals surface area contributed by atoms with E-state index in [2.05, 4.69) is 67.7 Å². The van der Waals surface area contributed by atoms with Gasteiger partial charge in [0.25, 0.3) is 0 Å². The Hall–Kier alpha value is -1.80. The zero-order valence-electron chi connectivity index (χ0n) is 13.0. The summed E-state index contributed by atoms with van der Waals surface area (Å²) in [7, 11) is 0. The van der Waals surface area contributed by atoms with Gasteiger partial charge in [-0.25, -0.2) is 0 Å². The van der Waals surface area contributed by atoms with E-state index >= 15 is 0 Å². The predicted octanol–water partition coefficient (Wildman–Crippen LogP) is 4.72. The largest absolute Gasteiger partial charge is 0.494 e. The Morgan fingerprint density at radius 2 is 1.71 bits per heavy atom. The molecule has 112 valence electrons. The summed E-state index contributed by atoms with van der Waals surface area (Å²) in [6, 6.07) is 19.2. The molecule has 0 spiro atoms. The summed E-state index contributed by atoms with van der Waals surface area (Å²) in [4.78, 5) is 0. The fraction of sp³-hybridized carbons (Fsp3) is 0.368. The SMILES string of the molecule is CCCCOc1ccc(CN[C@@H](C)c2ccccc2)cc1. The Morgan fingerprint density at radius 3 is 2.38 bits per heavy atom. The zero-order valence-corrected chi connectivity index (χ0v) is 13.0. The van der Waals surface area contributed by atoms with Gasteiger partial charge >= 0.3 is 0 Å². The average molecular weight is 283 g/mol. The Labute approximate surface area is 128 Å². The monoisotopic (exact) mass is 283 g/mol. The molecule has 0 aromatic heterocycles. The molecule has 0 unspecified atom stereocenters. The lowest BCUT2D eigenvalue weighted by atomic mass is 10.1. The molecule has 21 heavy (non-hydrogen) atoms. The van der Waals surface area contributed by atoms with Gasteiger partial charge in [-0.3, -0.25) is 0 Å². The first-order chi connectivity index (χ1) is 10.3. The summed E-state index contributed by atoms with van der Waals surface area (Å²) in [6.07, 6.45) is 2.28. The van der Waals surface area contributed by atoms with Crippen molar-refractivity contribution >= 4 is 0 Å². The third-order valence-electron chi connectivity index (χ3n) is 3.60. The van der Waals surface area contributed by atoms with Gasteiger partial charge in [0.2, 0.25) is 0 Å². The molecule has 0 amide bonds. The van der Waals surface area contributed by atoms with E-state index < -0.39 is 0 Å². The van der Waals surface area contributed by atoms with Crippen LogP contribution in [0.1, 0.15) is 43.9 Å². The third kappa shape index (κ3) is 5.24. The van der Waals surface area contributed by atoms with Crippen molar-refractivity contribution in [2.75, 3.05) is 6.61 Å². The van der Waals surface area contributed by atoms with Crippen LogP contribution in [0, 0.1) is 0 Å². The molecule has 2 rings (SSSR count). The second-order valence-electron chi connectivity index (χ2n) is 5.36. The number of nitrogens with one attached hydrogen (secondary N) is 1. The Bertz CT molecular complexity index is 507. The highest BCUT2D eigenvalue weighted by Gasteiger charge is 2.03. The number of rotatable bonds is 8. The van der Waals surface area contributed by atoms with E-state index in [4.69, 9.17) is 4.74 Å². The third-order valence-corrected chi connectivity index (χ3v) is 3.60. The molecule has 1 atom stereocenters. The zero-order chi connectivity index (χ0) is 14.9. The van der Waals surface area contributed by atoms with Crippen LogP contribution in [0.25, 0.3) is 0 Å². The topological polar surface area (TPSA) is 21.3 Å². The van der Waals surface area contributed by atoms with Crippen LogP contribution < -0.4 is 10.1 Å². The Morgan fingerprint density at radius 1 is 1.00 bits per heavy atom. The second-order valence-corrected chi connectivity index (χ2v) is 5.36. The van der Waals surface area contributed by atoms with Gasteiger partial charge in [-0.15, -0.1) is 0 Å². The second kappa shape index (κ2) is 8.48. The van der Waals surface area contributed by atoms with Crippen LogP contribution in [-0.2, 0) is 6.54 Å². The summed E-state index contributed by atoms with van der Waals surface area (Å²) in [5, 5.41) is 3.55. The highest BCUT2D eigenvalue weighted by molar-refractivity contribution is 5.27. The maximum Gasteiger partial charge on any atom is 0.119 e. The molecule has 2 heteroatoms. The molecule has 0 bridgehead atoms. The van der Waals surface area contributed by atoms with Crippen molar-refractivity contribution < 1.29 is 4.74 Å². The van der Waals surface area contributed by atoms with Gasteiger partial charge in [0.1, 0.15) is 5.75 Å². The van der Waals surface area contributed by atoms with Gasteiger partial charge in [0.05, 0.1) is 6.61 Å². The molecule has 2 aromatic carbocycles. The minimum Gasteiger partial charge on any atom is -0.494 e. The molecule has 0 aliphatic rings. The van der Waals surface area contributed by atoms with Crippen LogP contribution in [0.3, 0.4) is 0 Å². The minimum atomic E-state index is 0.353. The van der Waals surface area contributed by atoms with Crippen LogP contribution >= 0.6 is 0 Å². The van der Waals surface area contributed by atoms with E-state index in [1.54, 1.807) is 0 Å². The first-order valence-electron chi connectivity index (χ1n) is 7.79. The standard InChI is InChI=1S/C19H25NO/c1-3-4-14-21-19-12-10-17(11-13-19)15-20-16(2)18-8-6-5-7-9-18/h5-13,16,20H,3-4,14-15H2,1-2H3/t16-/m0/s1. The highest BCUT2D eigenvalue weighted by Crippen LogP contribution is 2.15. The molecule has 1 N–H and O–H groups in total. The normalized spacial score (nSPS) is 12.1. The summed E-state index contributed by atoms with van der Waals surface area (Å²) in [5.41, 5.74) is 2.60. The van der Waals surface area contributed by atoms with E-state index in [1.807, 2.05) is 6.07 Å². The highest BCUT2D eigenvalue weighted by atomic mass is 16.5. The smallest absolute Gasteiger partial charge is 0.119 e. The molecule has 0 saturated heterocycles. The van der Waals surface area contributed by atoms with E-state index in [0.29, 0.717) is 6.04 Å². The van der Waals surface area contributed by atoms with Crippen LogP contribution in [0.5, 0.6) is 5.75 Å².